The third-order valence-corrected chi connectivity index (χ3v) is 3.63. The van der Waals surface area contributed by atoms with E-state index in [9.17, 15) is 4.79 Å². The van der Waals surface area contributed by atoms with Crippen molar-refractivity contribution < 1.29 is 9.53 Å². The first-order valence-corrected chi connectivity index (χ1v) is 8.87. The first-order chi connectivity index (χ1) is 12.7. The Balaban J connectivity index is 1.87. The van der Waals surface area contributed by atoms with Gasteiger partial charge in [-0.05, 0) is 44.0 Å². The highest BCUT2D eigenvalue weighted by Crippen LogP contribution is 2.12. The van der Waals surface area contributed by atoms with Crippen molar-refractivity contribution in [2.45, 2.75) is 39.5 Å². The van der Waals surface area contributed by atoms with Crippen LogP contribution in [0.2, 0.25) is 0 Å². The van der Waals surface area contributed by atoms with Crippen LogP contribution < -0.4 is 11.1 Å². The number of hydrogen-bond acceptors (Lipinski definition) is 3. The Bertz CT molecular complexity index is 765. The fraction of sp³-hybridized carbons (Fsp3) is 0.333. The molecule has 0 aliphatic rings. The van der Waals surface area contributed by atoms with E-state index in [0.717, 1.165) is 16.8 Å². The highest BCUT2D eigenvalue weighted by atomic mass is 16.6. The van der Waals surface area contributed by atoms with Crippen LogP contribution in [0.4, 0.5) is 10.5 Å². The number of nitrogens with one attached hydrogen (secondary N) is 1. The summed E-state index contributed by atoms with van der Waals surface area (Å²) in [6, 6.07) is 17.6. The van der Waals surface area contributed by atoms with Crippen molar-refractivity contribution in [3.63, 3.8) is 0 Å². The summed E-state index contributed by atoms with van der Waals surface area (Å²) in [5.74, 6) is 0.370. The highest BCUT2D eigenvalue weighted by molar-refractivity contribution is 5.92. The van der Waals surface area contributed by atoms with Gasteiger partial charge in [0, 0.05) is 19.3 Å². The monoisotopic (exact) mass is 368 g/mol. The lowest BCUT2D eigenvalue weighted by atomic mass is 10.1. The van der Waals surface area contributed by atoms with E-state index in [4.69, 9.17) is 10.5 Å². The molecule has 0 aliphatic heterocycles. The summed E-state index contributed by atoms with van der Waals surface area (Å²) in [5, 5.41) is 3.05. The molecular weight excluding hydrogens is 340 g/mol. The number of carbonyl (C=O) groups is 1. The number of aliphatic imine (C=N–C) groups is 1. The Morgan fingerprint density at radius 3 is 2.26 bits per heavy atom. The summed E-state index contributed by atoms with van der Waals surface area (Å²) >= 11 is 0. The Labute approximate surface area is 161 Å². The lowest BCUT2D eigenvalue weighted by Gasteiger charge is -2.24. The molecule has 2 aromatic rings. The zero-order valence-electron chi connectivity index (χ0n) is 16.4. The fourth-order valence-electron chi connectivity index (χ4n) is 2.31. The molecule has 2 rings (SSSR count). The second-order valence-corrected chi connectivity index (χ2v) is 7.35. The molecule has 0 aliphatic carbocycles. The lowest BCUT2D eigenvalue weighted by molar-refractivity contribution is 0.0285. The van der Waals surface area contributed by atoms with E-state index in [1.165, 1.54) is 0 Å². The SMILES string of the molecule is CN(Cc1ccc(CN=C(N)Nc2ccccc2)cc1)C(=O)OC(C)(C)C. The molecule has 6 heteroatoms. The number of ether oxygens (including phenoxy) is 1. The standard InChI is InChI=1S/C21H28N4O2/c1-21(2,3)27-20(26)25(4)15-17-12-10-16(11-13-17)14-23-19(22)24-18-8-6-5-7-9-18/h5-13H,14-15H2,1-4H3,(H3,22,23,24). The molecule has 0 aromatic heterocycles. The van der Waals surface area contributed by atoms with Gasteiger partial charge < -0.3 is 20.7 Å². The largest absolute Gasteiger partial charge is 0.444 e. The zero-order valence-corrected chi connectivity index (χ0v) is 16.4. The average Bonchev–Trinajstić information content (AvgIpc) is 2.60. The van der Waals surface area contributed by atoms with E-state index < -0.39 is 5.60 Å². The molecule has 0 heterocycles. The van der Waals surface area contributed by atoms with Crippen molar-refractivity contribution >= 4 is 17.7 Å². The third kappa shape index (κ3) is 7.40. The number of benzene rings is 2. The maximum Gasteiger partial charge on any atom is 0.410 e. The van der Waals surface area contributed by atoms with Gasteiger partial charge in [0.15, 0.2) is 5.96 Å². The number of amides is 1. The number of nitrogens with two attached hydrogens (primary N) is 1. The molecule has 0 saturated carbocycles. The second kappa shape index (κ2) is 9.07. The molecule has 1 amide bonds. The predicted octanol–water partition coefficient (Wildman–Crippen LogP) is 3.98. The van der Waals surface area contributed by atoms with E-state index in [1.54, 1.807) is 11.9 Å². The van der Waals surface area contributed by atoms with E-state index in [1.807, 2.05) is 75.4 Å². The van der Waals surface area contributed by atoms with Crippen LogP contribution >= 0.6 is 0 Å². The molecule has 2 aromatic carbocycles. The molecule has 0 atom stereocenters. The molecule has 3 N–H and O–H groups in total. The Morgan fingerprint density at radius 1 is 1.07 bits per heavy atom. The third-order valence-electron chi connectivity index (χ3n) is 3.63. The number of rotatable bonds is 5. The van der Waals surface area contributed by atoms with Gasteiger partial charge in [-0.25, -0.2) is 9.79 Å². The molecule has 144 valence electrons. The summed E-state index contributed by atoms with van der Waals surface area (Å²) < 4.78 is 5.36. The van der Waals surface area contributed by atoms with Crippen molar-refractivity contribution in [1.29, 1.82) is 0 Å². The fourth-order valence-corrected chi connectivity index (χ4v) is 2.31. The first-order valence-electron chi connectivity index (χ1n) is 8.87. The van der Waals surface area contributed by atoms with Gasteiger partial charge in [0.25, 0.3) is 0 Å². The van der Waals surface area contributed by atoms with Crippen LogP contribution in [-0.2, 0) is 17.8 Å². The maximum absolute atomic E-state index is 12.0. The van der Waals surface area contributed by atoms with Crippen molar-refractivity contribution in [2.75, 3.05) is 12.4 Å². The topological polar surface area (TPSA) is 80.0 Å². The molecule has 0 bridgehead atoms. The van der Waals surface area contributed by atoms with Crippen molar-refractivity contribution in [2.24, 2.45) is 10.7 Å². The first kappa shape index (κ1) is 20.3. The Morgan fingerprint density at radius 2 is 1.67 bits per heavy atom. The van der Waals surface area contributed by atoms with E-state index in [0.29, 0.717) is 19.0 Å². The molecule has 0 unspecified atom stereocenters. The molecular formula is C21H28N4O2. The highest BCUT2D eigenvalue weighted by Gasteiger charge is 2.19. The minimum atomic E-state index is -0.499. The van der Waals surface area contributed by atoms with Gasteiger partial charge in [-0.1, -0.05) is 42.5 Å². The van der Waals surface area contributed by atoms with Crippen LogP contribution in [0.15, 0.2) is 59.6 Å². The molecule has 0 spiro atoms. The summed E-state index contributed by atoms with van der Waals surface area (Å²) in [5.41, 5.74) is 8.38. The Kier molecular flexibility index (Phi) is 6.82. The van der Waals surface area contributed by atoms with Crippen molar-refractivity contribution in [1.82, 2.24) is 4.90 Å². The number of carbonyl (C=O) groups excluding carboxylic acids is 1. The van der Waals surface area contributed by atoms with Crippen LogP contribution in [-0.4, -0.2) is 29.6 Å². The number of para-hydroxylation sites is 1. The van der Waals surface area contributed by atoms with Gasteiger partial charge in [0.2, 0.25) is 0 Å². The smallest absolute Gasteiger partial charge is 0.410 e. The van der Waals surface area contributed by atoms with Gasteiger partial charge in [0.1, 0.15) is 5.60 Å². The second-order valence-electron chi connectivity index (χ2n) is 7.35. The van der Waals surface area contributed by atoms with Gasteiger partial charge in [-0.2, -0.15) is 0 Å². The minimum Gasteiger partial charge on any atom is -0.444 e. The molecule has 6 nitrogen and oxygen atoms in total. The predicted molar refractivity (Wildman–Crippen MR) is 110 cm³/mol. The maximum atomic E-state index is 12.0. The number of hydrogen-bond donors (Lipinski definition) is 2. The minimum absolute atomic E-state index is 0.337. The summed E-state index contributed by atoms with van der Waals surface area (Å²) in [6.45, 7) is 6.52. The van der Waals surface area contributed by atoms with Crippen molar-refractivity contribution in [3.05, 3.63) is 65.7 Å². The van der Waals surface area contributed by atoms with Crippen LogP contribution in [0.5, 0.6) is 0 Å². The van der Waals surface area contributed by atoms with Gasteiger partial charge in [0.05, 0.1) is 6.54 Å². The number of nitrogens with zero attached hydrogens (tertiary/aromatic N) is 2. The van der Waals surface area contributed by atoms with Gasteiger partial charge in [-0.15, -0.1) is 0 Å². The molecule has 0 saturated heterocycles. The van der Waals surface area contributed by atoms with Crippen molar-refractivity contribution in [3.8, 4) is 0 Å². The van der Waals surface area contributed by atoms with E-state index >= 15 is 0 Å². The van der Waals surface area contributed by atoms with Crippen LogP contribution in [0.3, 0.4) is 0 Å². The lowest BCUT2D eigenvalue weighted by Crippen LogP contribution is -2.33. The summed E-state index contributed by atoms with van der Waals surface area (Å²) in [7, 11) is 1.72. The quantitative estimate of drug-likeness (QED) is 0.618. The summed E-state index contributed by atoms with van der Waals surface area (Å²) in [4.78, 5) is 17.9. The van der Waals surface area contributed by atoms with Crippen LogP contribution in [0.1, 0.15) is 31.9 Å². The van der Waals surface area contributed by atoms with Crippen LogP contribution in [0, 0.1) is 0 Å². The van der Waals surface area contributed by atoms with Gasteiger partial charge >= 0.3 is 6.09 Å². The Hall–Kier alpha value is -3.02. The summed E-state index contributed by atoms with van der Waals surface area (Å²) in [6.07, 6.45) is -0.337. The normalized spacial score (nSPS) is 11.8. The molecule has 0 fully saturated rings. The van der Waals surface area contributed by atoms with Crippen LogP contribution in [0.25, 0.3) is 0 Å². The van der Waals surface area contributed by atoms with E-state index in [2.05, 4.69) is 10.3 Å². The number of guanidine groups is 1. The number of anilines is 1. The molecule has 27 heavy (non-hydrogen) atoms. The van der Waals surface area contributed by atoms with Gasteiger partial charge in [-0.3, -0.25) is 0 Å². The average molecular weight is 368 g/mol. The molecule has 0 radical (unpaired) electrons. The zero-order chi connectivity index (χ0) is 19.9. The van der Waals surface area contributed by atoms with E-state index in [-0.39, 0.29) is 6.09 Å².